The van der Waals surface area contributed by atoms with Crippen LogP contribution in [0.15, 0.2) is 46.2 Å². The molecule has 0 aromatic heterocycles. The van der Waals surface area contributed by atoms with Crippen molar-refractivity contribution < 1.29 is 39.9 Å². The number of hydrogen-bond donors (Lipinski definition) is 2. The van der Waals surface area contributed by atoms with Gasteiger partial charge in [0.15, 0.2) is 21.3 Å². The molecule has 2 aromatic rings. The zero-order valence-electron chi connectivity index (χ0n) is 13.3. The van der Waals surface area contributed by atoms with Crippen LogP contribution in [0.1, 0.15) is 0 Å². The summed E-state index contributed by atoms with van der Waals surface area (Å²) < 4.78 is 90.5. The standard InChI is InChI=1S/C14H11ClF3NO6S2/c1-26(21,22)10-6-8(15)5-9(7-10)19-27(23,24)12-4-2-3-11(13(12)20)25-14(16,17)18/h2-7,19-20H,1H3. The number of phenols is 1. The van der Waals surface area contributed by atoms with Gasteiger partial charge >= 0.3 is 6.36 Å². The summed E-state index contributed by atoms with van der Waals surface area (Å²) in [6.45, 7) is 0. The number of benzene rings is 2. The zero-order chi connectivity index (χ0) is 20.6. The molecule has 2 N–H and O–H groups in total. The monoisotopic (exact) mass is 445 g/mol. The number of halogens is 4. The van der Waals surface area contributed by atoms with Gasteiger partial charge in [0.25, 0.3) is 10.0 Å². The molecule has 7 nitrogen and oxygen atoms in total. The summed E-state index contributed by atoms with van der Waals surface area (Å²) >= 11 is 5.77. The summed E-state index contributed by atoms with van der Waals surface area (Å²) in [5.74, 6) is -2.39. The van der Waals surface area contributed by atoms with Gasteiger partial charge in [0.1, 0.15) is 4.90 Å². The third kappa shape index (κ3) is 5.40. The van der Waals surface area contributed by atoms with Gasteiger partial charge in [0, 0.05) is 11.3 Å². The van der Waals surface area contributed by atoms with E-state index in [-0.39, 0.29) is 15.6 Å². The Balaban J connectivity index is 2.47. The van der Waals surface area contributed by atoms with E-state index < -0.39 is 42.6 Å². The first kappa shape index (κ1) is 21.1. The molecule has 0 aliphatic heterocycles. The maximum Gasteiger partial charge on any atom is 0.573 e. The Morgan fingerprint density at radius 2 is 1.74 bits per heavy atom. The van der Waals surface area contributed by atoms with Crippen molar-refractivity contribution in [3.63, 3.8) is 0 Å². The molecule has 0 bridgehead atoms. The second-order valence-corrected chi connectivity index (χ2v) is 9.31. The summed E-state index contributed by atoms with van der Waals surface area (Å²) in [4.78, 5) is -1.20. The maximum absolute atomic E-state index is 12.4. The summed E-state index contributed by atoms with van der Waals surface area (Å²) in [5.41, 5.74) is -0.274. The number of phenolic OH excluding ortho intramolecular Hbond substituents is 1. The zero-order valence-corrected chi connectivity index (χ0v) is 15.7. The van der Waals surface area contributed by atoms with Crippen molar-refractivity contribution in [2.45, 2.75) is 16.2 Å². The van der Waals surface area contributed by atoms with Gasteiger partial charge < -0.3 is 9.84 Å². The fourth-order valence-corrected chi connectivity index (χ4v) is 4.10. The summed E-state index contributed by atoms with van der Waals surface area (Å²) in [7, 11) is -8.32. The first-order chi connectivity index (χ1) is 12.2. The maximum atomic E-state index is 12.4. The average Bonchev–Trinajstić information content (AvgIpc) is 2.45. The second-order valence-electron chi connectivity index (χ2n) is 5.20. The molecule has 27 heavy (non-hydrogen) atoms. The van der Waals surface area contributed by atoms with Crippen LogP contribution in [0, 0.1) is 0 Å². The molecule has 2 rings (SSSR count). The molecule has 0 amide bonds. The number of sulfone groups is 1. The van der Waals surface area contributed by atoms with E-state index >= 15 is 0 Å². The van der Waals surface area contributed by atoms with Gasteiger partial charge in [-0.15, -0.1) is 13.2 Å². The van der Waals surface area contributed by atoms with Gasteiger partial charge in [-0.1, -0.05) is 17.7 Å². The topological polar surface area (TPSA) is 110 Å². The molecule has 0 spiro atoms. The normalized spacial score (nSPS) is 12.6. The van der Waals surface area contributed by atoms with Gasteiger partial charge in [-0.2, -0.15) is 0 Å². The van der Waals surface area contributed by atoms with Crippen molar-refractivity contribution in [1.82, 2.24) is 0 Å². The van der Waals surface area contributed by atoms with Crippen LogP contribution in [0.5, 0.6) is 11.5 Å². The quantitative estimate of drug-likeness (QED) is 0.731. The fourth-order valence-electron chi connectivity index (χ4n) is 1.97. The van der Waals surface area contributed by atoms with Crippen LogP contribution in [0.3, 0.4) is 0 Å². The van der Waals surface area contributed by atoms with Gasteiger partial charge in [-0.3, -0.25) is 4.72 Å². The van der Waals surface area contributed by atoms with Crippen LogP contribution < -0.4 is 9.46 Å². The Bertz CT molecular complexity index is 1080. The summed E-state index contributed by atoms with van der Waals surface area (Å²) in [5, 5.41) is 9.74. The minimum absolute atomic E-state index is 0.103. The SMILES string of the molecule is CS(=O)(=O)c1cc(Cl)cc(NS(=O)(=O)c2cccc(OC(F)(F)F)c2O)c1. The van der Waals surface area contributed by atoms with E-state index in [9.17, 15) is 35.1 Å². The highest BCUT2D eigenvalue weighted by molar-refractivity contribution is 7.93. The Morgan fingerprint density at radius 1 is 1.11 bits per heavy atom. The van der Waals surface area contributed by atoms with E-state index in [1.54, 1.807) is 0 Å². The minimum atomic E-state index is -5.15. The van der Waals surface area contributed by atoms with Gasteiger partial charge in [0.05, 0.1) is 10.6 Å². The lowest BCUT2D eigenvalue weighted by atomic mass is 10.3. The van der Waals surface area contributed by atoms with Crippen molar-refractivity contribution >= 4 is 37.1 Å². The van der Waals surface area contributed by atoms with Gasteiger partial charge in [-0.25, -0.2) is 16.8 Å². The van der Waals surface area contributed by atoms with Crippen LogP contribution >= 0.6 is 11.6 Å². The van der Waals surface area contributed by atoms with E-state index in [1.165, 1.54) is 0 Å². The Hall–Kier alpha value is -2.18. The van der Waals surface area contributed by atoms with Gasteiger partial charge in [0.2, 0.25) is 0 Å². The molecule has 0 aliphatic rings. The predicted molar refractivity (Wildman–Crippen MR) is 90.2 cm³/mol. The molecule has 0 aliphatic carbocycles. The molecule has 0 radical (unpaired) electrons. The second kappa shape index (κ2) is 7.09. The number of nitrogens with one attached hydrogen (secondary N) is 1. The van der Waals surface area contributed by atoms with Gasteiger partial charge in [-0.05, 0) is 30.3 Å². The molecule has 148 valence electrons. The lowest BCUT2D eigenvalue weighted by Gasteiger charge is -2.14. The molecule has 0 unspecified atom stereocenters. The number of ether oxygens (including phenoxy) is 1. The van der Waals surface area contributed by atoms with Crippen LogP contribution in [0.25, 0.3) is 0 Å². The molecular weight excluding hydrogens is 435 g/mol. The number of alkyl halides is 3. The van der Waals surface area contributed by atoms with Crippen molar-refractivity contribution in [2.75, 3.05) is 11.0 Å². The first-order valence-corrected chi connectivity index (χ1v) is 10.6. The number of aromatic hydroxyl groups is 1. The Morgan fingerprint density at radius 3 is 2.30 bits per heavy atom. The highest BCUT2D eigenvalue weighted by Crippen LogP contribution is 2.37. The number of hydrogen-bond acceptors (Lipinski definition) is 6. The number of para-hydroxylation sites is 1. The number of sulfonamides is 1. The third-order valence-corrected chi connectivity index (χ3v) is 5.75. The first-order valence-electron chi connectivity index (χ1n) is 6.80. The molecule has 0 saturated carbocycles. The smallest absolute Gasteiger partial charge is 0.503 e. The lowest BCUT2D eigenvalue weighted by molar-refractivity contribution is -0.275. The van der Waals surface area contributed by atoms with E-state index in [4.69, 9.17) is 11.6 Å². The third-order valence-electron chi connectivity index (χ3n) is 3.03. The average molecular weight is 446 g/mol. The molecule has 13 heteroatoms. The van der Waals surface area contributed by atoms with E-state index in [0.717, 1.165) is 42.7 Å². The molecule has 0 saturated heterocycles. The minimum Gasteiger partial charge on any atom is -0.503 e. The highest BCUT2D eigenvalue weighted by atomic mass is 35.5. The van der Waals surface area contributed by atoms with E-state index in [0.29, 0.717) is 0 Å². The van der Waals surface area contributed by atoms with Crippen molar-refractivity contribution in [3.05, 3.63) is 41.4 Å². The van der Waals surface area contributed by atoms with E-state index in [2.05, 4.69) is 4.74 Å². The Kier molecular flexibility index (Phi) is 5.55. The summed E-state index contributed by atoms with van der Waals surface area (Å²) in [6.07, 6.45) is -4.27. The van der Waals surface area contributed by atoms with Crippen molar-refractivity contribution in [1.29, 1.82) is 0 Å². The number of rotatable bonds is 5. The van der Waals surface area contributed by atoms with Crippen LogP contribution in [0.2, 0.25) is 5.02 Å². The largest absolute Gasteiger partial charge is 0.573 e. The molecule has 0 fully saturated rings. The summed E-state index contributed by atoms with van der Waals surface area (Å²) in [6, 6.07) is 5.62. The molecule has 0 atom stereocenters. The fraction of sp³-hybridized carbons (Fsp3) is 0.143. The van der Waals surface area contributed by atoms with Crippen LogP contribution in [0.4, 0.5) is 18.9 Å². The predicted octanol–water partition coefficient (Wildman–Crippen LogP) is 3.15. The van der Waals surface area contributed by atoms with Crippen LogP contribution in [-0.4, -0.2) is 34.6 Å². The van der Waals surface area contributed by atoms with Crippen molar-refractivity contribution in [3.8, 4) is 11.5 Å². The number of anilines is 1. The molecular formula is C14H11ClF3NO6S2. The lowest BCUT2D eigenvalue weighted by Crippen LogP contribution is -2.18. The van der Waals surface area contributed by atoms with E-state index in [1.807, 2.05) is 4.72 Å². The molecule has 0 heterocycles. The Labute approximate surface area is 157 Å². The van der Waals surface area contributed by atoms with Crippen LogP contribution in [-0.2, 0) is 19.9 Å². The highest BCUT2D eigenvalue weighted by Gasteiger charge is 2.34. The molecule has 2 aromatic carbocycles. The van der Waals surface area contributed by atoms with Crippen molar-refractivity contribution in [2.24, 2.45) is 0 Å².